The number of nitrogens with zero attached hydrogens (tertiary/aromatic N) is 3. The van der Waals surface area contributed by atoms with Crippen molar-refractivity contribution in [3.8, 4) is 11.5 Å². The van der Waals surface area contributed by atoms with Crippen LogP contribution in [0.15, 0.2) is 59.0 Å². The molecule has 1 aromatic heterocycles. The van der Waals surface area contributed by atoms with E-state index in [1.54, 1.807) is 0 Å². The number of amides is 1. The summed E-state index contributed by atoms with van der Waals surface area (Å²) in [5.41, 5.74) is 3.12. The molecule has 0 fully saturated rings. The molecule has 25 heavy (non-hydrogen) atoms. The van der Waals surface area contributed by atoms with E-state index in [-0.39, 0.29) is 18.5 Å². The summed E-state index contributed by atoms with van der Waals surface area (Å²) in [5.74, 6) is 0.186. The predicted molar refractivity (Wildman–Crippen MR) is 95.9 cm³/mol. The summed E-state index contributed by atoms with van der Waals surface area (Å²) < 4.78 is 5.51. The third-order valence-corrected chi connectivity index (χ3v) is 3.68. The predicted octanol–water partition coefficient (Wildman–Crippen LogP) is 3.12. The highest BCUT2D eigenvalue weighted by Gasteiger charge is 2.13. The average molecular weight is 336 g/mol. The molecule has 2 aromatic carbocycles. The molecule has 0 saturated heterocycles. The number of aromatic nitrogens is 2. The zero-order chi connectivity index (χ0) is 17.6. The first-order chi connectivity index (χ1) is 12.1. The van der Waals surface area contributed by atoms with Crippen LogP contribution in [0.5, 0.6) is 0 Å². The number of carbonyl (C=O) groups excluding carboxylic acids is 1. The highest BCUT2D eigenvalue weighted by atomic mass is 16.4. The maximum Gasteiger partial charge on any atom is 0.322 e. The van der Waals surface area contributed by atoms with Gasteiger partial charge in [0.2, 0.25) is 11.8 Å². The van der Waals surface area contributed by atoms with Gasteiger partial charge in [-0.1, -0.05) is 53.1 Å². The normalized spacial score (nSPS) is 10.8. The summed E-state index contributed by atoms with van der Waals surface area (Å²) in [5, 5.41) is 10.5. The highest BCUT2D eigenvalue weighted by molar-refractivity contribution is 5.90. The molecular weight excluding hydrogens is 316 g/mol. The van der Waals surface area contributed by atoms with Crippen molar-refractivity contribution in [3.05, 3.63) is 65.7 Å². The molecule has 1 amide bonds. The number of likely N-dealkylation sites (N-methyl/N-ethyl adjacent to an activating group) is 1. The van der Waals surface area contributed by atoms with E-state index in [0.29, 0.717) is 12.4 Å². The average Bonchev–Trinajstić information content (AvgIpc) is 3.04. The Hall–Kier alpha value is -2.99. The first-order valence-corrected chi connectivity index (χ1v) is 8.03. The number of carbonyl (C=O) groups is 1. The topological polar surface area (TPSA) is 71.3 Å². The minimum atomic E-state index is -0.197. The van der Waals surface area contributed by atoms with Gasteiger partial charge in [-0.25, -0.2) is 0 Å². The van der Waals surface area contributed by atoms with Crippen LogP contribution in [0.1, 0.15) is 11.1 Å². The Morgan fingerprint density at radius 2 is 1.80 bits per heavy atom. The van der Waals surface area contributed by atoms with Crippen LogP contribution in [0, 0.1) is 6.92 Å². The molecule has 0 radical (unpaired) electrons. The summed E-state index contributed by atoms with van der Waals surface area (Å²) >= 11 is 0. The van der Waals surface area contributed by atoms with Crippen molar-refractivity contribution in [3.63, 3.8) is 0 Å². The largest absolute Gasteiger partial charge is 0.403 e. The Morgan fingerprint density at radius 1 is 1.08 bits per heavy atom. The third-order valence-electron chi connectivity index (χ3n) is 3.68. The molecule has 1 heterocycles. The Kier molecular flexibility index (Phi) is 5.20. The molecule has 0 spiro atoms. The van der Waals surface area contributed by atoms with Gasteiger partial charge >= 0.3 is 6.01 Å². The highest BCUT2D eigenvalue weighted by Crippen LogP contribution is 2.20. The standard InChI is InChI=1S/C19H20N4O2/c1-14-8-10-16(11-9-14)18-21-22-19(25-18)20-17(24)13-23(2)12-15-6-4-3-5-7-15/h3-11H,12-13H2,1-2H3,(H,20,22,24). The molecule has 0 saturated carbocycles. The number of rotatable bonds is 6. The van der Waals surface area contributed by atoms with E-state index in [2.05, 4.69) is 15.5 Å². The zero-order valence-electron chi connectivity index (χ0n) is 14.3. The van der Waals surface area contributed by atoms with Gasteiger partial charge in [-0.3, -0.25) is 15.0 Å². The van der Waals surface area contributed by atoms with Crippen molar-refractivity contribution in [1.29, 1.82) is 0 Å². The fraction of sp³-hybridized carbons (Fsp3) is 0.211. The number of hydrogen-bond donors (Lipinski definition) is 1. The van der Waals surface area contributed by atoms with Crippen LogP contribution in [0.25, 0.3) is 11.5 Å². The lowest BCUT2D eigenvalue weighted by Crippen LogP contribution is -2.29. The summed E-state index contributed by atoms with van der Waals surface area (Å²) in [6, 6.07) is 17.8. The number of aryl methyl sites for hydroxylation is 1. The first kappa shape index (κ1) is 16.9. The van der Waals surface area contributed by atoms with Crippen LogP contribution in [0.4, 0.5) is 6.01 Å². The van der Waals surface area contributed by atoms with E-state index in [4.69, 9.17) is 4.42 Å². The van der Waals surface area contributed by atoms with E-state index < -0.39 is 0 Å². The maximum atomic E-state index is 12.1. The minimum absolute atomic E-state index is 0.105. The molecule has 6 heteroatoms. The molecule has 128 valence electrons. The quantitative estimate of drug-likeness (QED) is 0.749. The Labute approximate surface area is 146 Å². The monoisotopic (exact) mass is 336 g/mol. The fourth-order valence-corrected chi connectivity index (χ4v) is 2.44. The third kappa shape index (κ3) is 4.74. The van der Waals surface area contributed by atoms with Crippen LogP contribution < -0.4 is 5.32 Å². The van der Waals surface area contributed by atoms with E-state index in [0.717, 1.165) is 16.7 Å². The molecule has 0 unspecified atom stereocenters. The smallest absolute Gasteiger partial charge is 0.322 e. The molecule has 0 aliphatic carbocycles. The number of benzene rings is 2. The summed E-state index contributed by atoms with van der Waals surface area (Å²) in [6.07, 6.45) is 0. The summed E-state index contributed by atoms with van der Waals surface area (Å²) in [6.45, 7) is 2.93. The molecule has 0 bridgehead atoms. The van der Waals surface area contributed by atoms with E-state index in [1.165, 1.54) is 0 Å². The molecule has 3 rings (SSSR count). The van der Waals surface area contributed by atoms with E-state index in [1.807, 2.05) is 73.5 Å². The minimum Gasteiger partial charge on any atom is -0.403 e. The van der Waals surface area contributed by atoms with Gasteiger partial charge in [-0.05, 0) is 31.7 Å². The van der Waals surface area contributed by atoms with Gasteiger partial charge in [-0.2, -0.15) is 0 Å². The van der Waals surface area contributed by atoms with E-state index in [9.17, 15) is 4.79 Å². The number of nitrogens with one attached hydrogen (secondary N) is 1. The van der Waals surface area contributed by atoms with Gasteiger partial charge < -0.3 is 4.42 Å². The van der Waals surface area contributed by atoms with Gasteiger partial charge in [0.05, 0.1) is 6.54 Å². The lowest BCUT2D eigenvalue weighted by atomic mass is 10.1. The lowest BCUT2D eigenvalue weighted by molar-refractivity contribution is -0.117. The van der Waals surface area contributed by atoms with Crippen molar-refractivity contribution in [2.24, 2.45) is 0 Å². The number of anilines is 1. The van der Waals surface area contributed by atoms with Crippen LogP contribution >= 0.6 is 0 Å². The van der Waals surface area contributed by atoms with Gasteiger partial charge in [0.25, 0.3) is 0 Å². The second kappa shape index (κ2) is 7.72. The molecule has 1 N–H and O–H groups in total. The Morgan fingerprint density at radius 3 is 2.52 bits per heavy atom. The summed E-state index contributed by atoms with van der Waals surface area (Å²) in [4.78, 5) is 14.0. The van der Waals surface area contributed by atoms with Crippen molar-refractivity contribution >= 4 is 11.9 Å². The van der Waals surface area contributed by atoms with Crippen molar-refractivity contribution < 1.29 is 9.21 Å². The van der Waals surface area contributed by atoms with Gasteiger partial charge in [0, 0.05) is 12.1 Å². The molecule has 6 nitrogen and oxygen atoms in total. The van der Waals surface area contributed by atoms with Crippen LogP contribution in [-0.4, -0.2) is 34.6 Å². The van der Waals surface area contributed by atoms with Crippen molar-refractivity contribution in [1.82, 2.24) is 15.1 Å². The van der Waals surface area contributed by atoms with Crippen LogP contribution in [0.2, 0.25) is 0 Å². The fourth-order valence-electron chi connectivity index (χ4n) is 2.44. The zero-order valence-corrected chi connectivity index (χ0v) is 14.3. The SMILES string of the molecule is Cc1ccc(-c2nnc(NC(=O)CN(C)Cc3ccccc3)o2)cc1. The molecule has 0 aliphatic rings. The van der Waals surface area contributed by atoms with Gasteiger partial charge in [0.15, 0.2) is 0 Å². The van der Waals surface area contributed by atoms with Crippen LogP contribution in [0.3, 0.4) is 0 Å². The second-order valence-corrected chi connectivity index (χ2v) is 5.98. The molecular formula is C19H20N4O2. The van der Waals surface area contributed by atoms with Gasteiger partial charge in [0.1, 0.15) is 0 Å². The Bertz CT molecular complexity index is 828. The van der Waals surface area contributed by atoms with Crippen molar-refractivity contribution in [2.45, 2.75) is 13.5 Å². The second-order valence-electron chi connectivity index (χ2n) is 5.98. The summed E-state index contributed by atoms with van der Waals surface area (Å²) in [7, 11) is 1.89. The molecule has 0 aliphatic heterocycles. The Balaban J connectivity index is 1.55. The maximum absolute atomic E-state index is 12.1. The lowest BCUT2D eigenvalue weighted by Gasteiger charge is -2.15. The number of hydrogen-bond acceptors (Lipinski definition) is 5. The van der Waals surface area contributed by atoms with E-state index >= 15 is 0 Å². The van der Waals surface area contributed by atoms with Gasteiger partial charge in [-0.15, -0.1) is 5.10 Å². The first-order valence-electron chi connectivity index (χ1n) is 8.03. The molecule has 0 atom stereocenters. The molecule has 3 aromatic rings. The van der Waals surface area contributed by atoms with Crippen molar-refractivity contribution in [2.75, 3.05) is 18.9 Å². The van der Waals surface area contributed by atoms with Crippen LogP contribution in [-0.2, 0) is 11.3 Å².